The molecule has 0 aliphatic rings. The summed E-state index contributed by atoms with van der Waals surface area (Å²) < 4.78 is 25.6. The summed E-state index contributed by atoms with van der Waals surface area (Å²) in [5, 5.41) is 7.89. The minimum atomic E-state index is -2.33. The highest BCUT2D eigenvalue weighted by Crippen LogP contribution is 2.16. The lowest BCUT2D eigenvalue weighted by molar-refractivity contribution is 0.145. The minimum absolute atomic E-state index is 0.302. The first-order valence-electron chi connectivity index (χ1n) is 5.35. The molecule has 92 valence electrons. The summed E-state index contributed by atoms with van der Waals surface area (Å²) in [6.45, 7) is 1.99. The van der Waals surface area contributed by atoms with Crippen LogP contribution in [0.3, 0.4) is 0 Å². The number of rotatable bonds is 4. The number of pyridine rings is 1. The van der Waals surface area contributed by atoms with Gasteiger partial charge in [0.15, 0.2) is 5.65 Å². The van der Waals surface area contributed by atoms with E-state index >= 15 is 0 Å². The summed E-state index contributed by atoms with van der Waals surface area (Å²) in [6.07, 6.45) is -0.645. The fourth-order valence-electron chi connectivity index (χ4n) is 1.77. The van der Waals surface area contributed by atoms with Crippen molar-refractivity contribution in [3.05, 3.63) is 23.5 Å². The van der Waals surface area contributed by atoms with Gasteiger partial charge in [0.1, 0.15) is 0 Å². The van der Waals surface area contributed by atoms with Crippen molar-refractivity contribution in [1.82, 2.24) is 20.1 Å². The van der Waals surface area contributed by atoms with Gasteiger partial charge in [0.05, 0.1) is 12.2 Å². The normalized spacial score (nSPS) is 11.6. The molecule has 0 amide bonds. The van der Waals surface area contributed by atoms with Crippen molar-refractivity contribution in [2.24, 2.45) is 7.05 Å². The molecule has 2 heterocycles. The molecule has 0 fully saturated rings. The molecule has 0 unspecified atom stereocenters. The Morgan fingerprint density at radius 1 is 1.47 bits per heavy atom. The minimum Gasteiger partial charge on any atom is -0.307 e. The molecule has 4 nitrogen and oxygen atoms in total. The molecular formula is C11H14F2N4. The quantitative estimate of drug-likeness (QED) is 0.883. The fraction of sp³-hybridized carbons (Fsp3) is 0.455. The van der Waals surface area contributed by atoms with Crippen LogP contribution in [0.15, 0.2) is 12.3 Å². The maximum atomic E-state index is 12.0. The van der Waals surface area contributed by atoms with Crippen molar-refractivity contribution in [2.75, 3.05) is 6.54 Å². The van der Waals surface area contributed by atoms with Crippen LogP contribution in [0.2, 0.25) is 0 Å². The number of fused-ring (bicyclic) bond motifs is 1. The number of hydrogen-bond acceptors (Lipinski definition) is 3. The summed E-state index contributed by atoms with van der Waals surface area (Å²) in [7, 11) is 1.83. The van der Waals surface area contributed by atoms with Gasteiger partial charge < -0.3 is 5.32 Å². The van der Waals surface area contributed by atoms with Gasteiger partial charge in [-0.1, -0.05) is 0 Å². The predicted molar refractivity (Wildman–Crippen MR) is 61.0 cm³/mol. The van der Waals surface area contributed by atoms with E-state index in [1.165, 1.54) is 0 Å². The van der Waals surface area contributed by atoms with Crippen molar-refractivity contribution in [3.8, 4) is 0 Å². The zero-order chi connectivity index (χ0) is 12.4. The molecule has 0 atom stereocenters. The topological polar surface area (TPSA) is 42.7 Å². The summed E-state index contributed by atoms with van der Waals surface area (Å²) in [5.74, 6) is 0. The van der Waals surface area contributed by atoms with Crippen molar-refractivity contribution in [2.45, 2.75) is 19.9 Å². The first-order valence-corrected chi connectivity index (χ1v) is 5.35. The average molecular weight is 240 g/mol. The lowest BCUT2D eigenvalue weighted by atomic mass is 10.2. The van der Waals surface area contributed by atoms with Gasteiger partial charge in [-0.05, 0) is 18.6 Å². The molecule has 0 radical (unpaired) electrons. The van der Waals surface area contributed by atoms with Gasteiger partial charge in [-0.25, -0.2) is 13.8 Å². The summed E-state index contributed by atoms with van der Waals surface area (Å²) in [6, 6.07) is 1.93. The monoisotopic (exact) mass is 240 g/mol. The van der Waals surface area contributed by atoms with E-state index in [0.717, 1.165) is 22.3 Å². The van der Waals surface area contributed by atoms with Gasteiger partial charge in [-0.2, -0.15) is 5.10 Å². The van der Waals surface area contributed by atoms with Crippen molar-refractivity contribution >= 4 is 11.0 Å². The molecule has 0 saturated carbocycles. The molecule has 0 bridgehead atoms. The van der Waals surface area contributed by atoms with Crippen LogP contribution in [-0.2, 0) is 13.6 Å². The molecule has 0 aliphatic carbocycles. The van der Waals surface area contributed by atoms with Crippen LogP contribution in [0.4, 0.5) is 8.78 Å². The highest BCUT2D eigenvalue weighted by atomic mass is 19.3. The van der Waals surface area contributed by atoms with E-state index in [1.807, 2.05) is 20.0 Å². The lowest BCUT2D eigenvalue weighted by Gasteiger charge is -2.04. The van der Waals surface area contributed by atoms with Crippen LogP contribution in [0.5, 0.6) is 0 Å². The Morgan fingerprint density at radius 2 is 2.24 bits per heavy atom. The second-order valence-electron chi connectivity index (χ2n) is 3.95. The third kappa shape index (κ3) is 2.58. The number of aryl methyl sites for hydroxylation is 2. The molecule has 2 rings (SSSR count). The van der Waals surface area contributed by atoms with Gasteiger partial charge >= 0.3 is 0 Å². The second kappa shape index (κ2) is 4.75. The molecule has 1 N–H and O–H groups in total. The number of aromatic nitrogens is 3. The van der Waals surface area contributed by atoms with E-state index in [-0.39, 0.29) is 6.54 Å². The predicted octanol–water partition coefficient (Wildman–Crippen LogP) is 1.63. The summed E-state index contributed by atoms with van der Waals surface area (Å²) >= 11 is 0. The van der Waals surface area contributed by atoms with Crippen LogP contribution in [0.25, 0.3) is 11.0 Å². The SMILES string of the molecule is Cc1nn(C)c2ncc(CNCC(F)F)cc12. The molecule has 0 spiro atoms. The standard InChI is InChI=1S/C11H14F2N4/c1-7-9-3-8(4-14-6-10(12)13)5-15-11(9)17(2)16-7/h3,5,10,14H,4,6H2,1-2H3. The van der Waals surface area contributed by atoms with E-state index in [1.54, 1.807) is 10.9 Å². The highest BCUT2D eigenvalue weighted by molar-refractivity contribution is 5.78. The number of alkyl halides is 2. The third-order valence-corrected chi connectivity index (χ3v) is 2.55. The Bertz CT molecular complexity index is 521. The first kappa shape index (κ1) is 11.9. The molecule has 2 aromatic heterocycles. The zero-order valence-electron chi connectivity index (χ0n) is 9.74. The van der Waals surface area contributed by atoms with Crippen molar-refractivity contribution in [3.63, 3.8) is 0 Å². The van der Waals surface area contributed by atoms with E-state index in [2.05, 4.69) is 15.4 Å². The second-order valence-corrected chi connectivity index (χ2v) is 3.95. The van der Waals surface area contributed by atoms with E-state index in [4.69, 9.17) is 0 Å². The van der Waals surface area contributed by atoms with Gasteiger partial charge in [0.25, 0.3) is 6.43 Å². The van der Waals surface area contributed by atoms with Crippen LogP contribution >= 0.6 is 0 Å². The average Bonchev–Trinajstić information content (AvgIpc) is 2.54. The number of nitrogens with one attached hydrogen (secondary N) is 1. The summed E-state index contributed by atoms with van der Waals surface area (Å²) in [4.78, 5) is 4.27. The van der Waals surface area contributed by atoms with Crippen LogP contribution in [0.1, 0.15) is 11.3 Å². The maximum Gasteiger partial charge on any atom is 0.250 e. The Balaban J connectivity index is 2.17. The Kier molecular flexibility index (Phi) is 3.33. The molecule has 0 aromatic carbocycles. The Morgan fingerprint density at radius 3 is 2.94 bits per heavy atom. The molecule has 17 heavy (non-hydrogen) atoms. The third-order valence-electron chi connectivity index (χ3n) is 2.55. The molecule has 6 heteroatoms. The van der Waals surface area contributed by atoms with Gasteiger partial charge in [-0.15, -0.1) is 0 Å². The first-order chi connectivity index (χ1) is 8.08. The highest BCUT2D eigenvalue weighted by Gasteiger charge is 2.07. The van der Waals surface area contributed by atoms with E-state index in [9.17, 15) is 8.78 Å². The van der Waals surface area contributed by atoms with Gasteiger partial charge in [0, 0.05) is 25.2 Å². The number of halogens is 2. The molecular weight excluding hydrogens is 226 g/mol. The van der Waals surface area contributed by atoms with Gasteiger partial charge in [-0.3, -0.25) is 4.68 Å². The molecule has 2 aromatic rings. The lowest BCUT2D eigenvalue weighted by Crippen LogP contribution is -2.20. The van der Waals surface area contributed by atoms with Crippen molar-refractivity contribution in [1.29, 1.82) is 0 Å². The number of nitrogens with zero attached hydrogens (tertiary/aromatic N) is 3. The summed E-state index contributed by atoms with van der Waals surface area (Å²) in [5.41, 5.74) is 2.58. The maximum absolute atomic E-state index is 12.0. The molecule has 0 aliphatic heterocycles. The number of hydrogen-bond donors (Lipinski definition) is 1. The van der Waals surface area contributed by atoms with Crippen LogP contribution < -0.4 is 5.32 Å². The van der Waals surface area contributed by atoms with Crippen molar-refractivity contribution < 1.29 is 8.78 Å². The van der Waals surface area contributed by atoms with E-state index in [0.29, 0.717) is 6.54 Å². The van der Waals surface area contributed by atoms with Crippen LogP contribution in [-0.4, -0.2) is 27.7 Å². The largest absolute Gasteiger partial charge is 0.307 e. The van der Waals surface area contributed by atoms with Gasteiger partial charge in [0.2, 0.25) is 0 Å². The zero-order valence-corrected chi connectivity index (χ0v) is 9.74. The Hall–Kier alpha value is -1.56. The van der Waals surface area contributed by atoms with E-state index < -0.39 is 6.43 Å². The van der Waals surface area contributed by atoms with Crippen LogP contribution in [0, 0.1) is 6.92 Å². The smallest absolute Gasteiger partial charge is 0.250 e. The Labute approximate surface area is 97.6 Å². The molecule has 0 saturated heterocycles. The fourth-order valence-corrected chi connectivity index (χ4v) is 1.77.